The van der Waals surface area contributed by atoms with E-state index in [2.05, 4.69) is 68.8 Å². The number of carbonyl (C=O) groups is 15. The van der Waals surface area contributed by atoms with Crippen molar-refractivity contribution in [3.63, 3.8) is 0 Å². The molecule has 0 saturated heterocycles. The summed E-state index contributed by atoms with van der Waals surface area (Å²) in [5.41, 5.74) is 28.3. The monoisotopic (exact) mass is 1540 g/mol. The molecule has 13 atom stereocenters. The van der Waals surface area contributed by atoms with Crippen molar-refractivity contribution in [1.29, 1.82) is 0 Å². The van der Waals surface area contributed by atoms with Crippen molar-refractivity contribution in [3.05, 3.63) is 65.7 Å². The molecule has 2 aromatic rings. The van der Waals surface area contributed by atoms with E-state index in [0.29, 0.717) is 24.0 Å². The smallest absolute Gasteiger partial charge is 0.326 e. The van der Waals surface area contributed by atoms with Gasteiger partial charge in [-0.1, -0.05) is 70.2 Å². The van der Waals surface area contributed by atoms with Gasteiger partial charge in [0.05, 0.1) is 32.3 Å². The number of aliphatic hydroxyl groups is 3. The second kappa shape index (κ2) is 49.6. The lowest BCUT2D eigenvalue weighted by molar-refractivity contribution is -0.143. The number of hydrogen-bond acceptors (Lipinski definition) is 23. The van der Waals surface area contributed by atoms with E-state index in [9.17, 15) is 103 Å². The molecular weight excluding hydrogens is 1440 g/mol. The first-order valence-electron chi connectivity index (χ1n) is 35.0. The minimum atomic E-state index is -1.79. The molecule has 2 aromatic carbocycles. The number of phenolic OH excluding ortho intramolecular Hbond substituents is 1. The summed E-state index contributed by atoms with van der Waals surface area (Å²) in [5, 5.41) is 89.1. The van der Waals surface area contributed by atoms with Gasteiger partial charge in [0.1, 0.15) is 78.3 Å². The Labute approximate surface area is 628 Å². The maximum Gasteiger partial charge on any atom is 0.326 e. The van der Waals surface area contributed by atoms with E-state index in [-0.39, 0.29) is 93.8 Å². The largest absolute Gasteiger partial charge is 0.508 e. The lowest BCUT2D eigenvalue weighted by Crippen LogP contribution is -2.61. The zero-order chi connectivity index (χ0) is 81.3. The number of amides is 13. The summed E-state index contributed by atoms with van der Waals surface area (Å²) in [6.07, 6.45) is -0.489. The van der Waals surface area contributed by atoms with Gasteiger partial charge in [-0.3, -0.25) is 72.1 Å². The number of nitrogens with two attached hydrogens (primary N) is 5. The lowest BCUT2D eigenvalue weighted by atomic mass is 10.0. The topological polar surface area (TPSA) is 664 Å². The third kappa shape index (κ3) is 35.9. The van der Waals surface area contributed by atoms with Crippen molar-refractivity contribution in [2.45, 2.75) is 197 Å². The van der Waals surface area contributed by atoms with E-state index in [0.717, 1.165) is 0 Å². The molecule has 0 heterocycles. The summed E-state index contributed by atoms with van der Waals surface area (Å²) in [5.74, 6) is -17.1. The quantitative estimate of drug-likeness (QED) is 0.0166. The number of hydrogen-bond donors (Lipinski definition) is 23. The molecule has 0 unspecified atom stereocenters. The van der Waals surface area contributed by atoms with Crippen molar-refractivity contribution in [1.82, 2.24) is 63.8 Å². The summed E-state index contributed by atoms with van der Waals surface area (Å²) < 4.78 is 0. The molecule has 0 aliphatic rings. The molecular formula is C68H108N18O21S. The number of benzene rings is 2. The van der Waals surface area contributed by atoms with Gasteiger partial charge in [0.15, 0.2) is 5.96 Å². The van der Waals surface area contributed by atoms with Crippen LogP contribution in [0.4, 0.5) is 0 Å². The molecule has 0 bridgehead atoms. The number of aliphatic carboxylic acids is 2. The van der Waals surface area contributed by atoms with Gasteiger partial charge in [0.2, 0.25) is 76.8 Å². The predicted molar refractivity (Wildman–Crippen MR) is 393 cm³/mol. The second-order valence-electron chi connectivity index (χ2n) is 26.3. The molecule has 0 spiro atoms. The number of rotatable bonds is 52. The Hall–Kier alpha value is -10.3. The third-order valence-electron chi connectivity index (χ3n) is 16.2. The van der Waals surface area contributed by atoms with Gasteiger partial charge in [0, 0.05) is 25.8 Å². The molecule has 0 radical (unpaired) electrons. The first-order valence-corrected chi connectivity index (χ1v) is 36.4. The van der Waals surface area contributed by atoms with Crippen molar-refractivity contribution < 1.29 is 103 Å². The van der Waals surface area contributed by atoms with Gasteiger partial charge in [-0.15, -0.1) is 0 Å². The van der Waals surface area contributed by atoms with Gasteiger partial charge in [-0.2, -0.15) is 11.8 Å². The molecule has 0 aliphatic heterocycles. The Balaban J connectivity index is 2.50. The summed E-state index contributed by atoms with van der Waals surface area (Å²) in [4.78, 5) is 207. The molecule has 0 fully saturated rings. The van der Waals surface area contributed by atoms with Gasteiger partial charge >= 0.3 is 11.9 Å². The average Bonchev–Trinajstić information content (AvgIpc) is 0.851. The molecule has 0 saturated carbocycles. The van der Waals surface area contributed by atoms with Crippen LogP contribution < -0.4 is 92.5 Å². The number of carboxylic acids is 2. The number of carbonyl (C=O) groups excluding carboxylic acids is 13. The van der Waals surface area contributed by atoms with E-state index >= 15 is 0 Å². The van der Waals surface area contributed by atoms with Gasteiger partial charge in [-0.05, 0) is 118 Å². The van der Waals surface area contributed by atoms with Crippen molar-refractivity contribution in [2.75, 3.05) is 44.9 Å². The SMILES string of the molecule is CSCC[C@H](NC(=O)[C@H](CCCN=C(N)N)NC(=O)[C@H](CC(C)C)NC(=O)[C@H](C)NC(=O)[C@H](CCC(=O)O)NC(=O)[C@H](Cc1ccc(O)cc1)NC(=O)[C@H](Cc1ccccc1)NC(=O)[C@H](CO)NC(=O)[C@@H](N)CC(N)=O)C(=O)N[C@@H](CC(C)C)C(=O)N[C@@H](CO)C(=O)N[C@@H](CO)C(=O)N[C@@H](CCCCN)C(=O)O. The number of carboxylic acid groups (broad SMARTS) is 2. The van der Waals surface area contributed by atoms with Crippen molar-refractivity contribution in [3.8, 4) is 5.75 Å². The first kappa shape index (κ1) is 93.8. The van der Waals surface area contributed by atoms with Crippen LogP contribution in [0.25, 0.3) is 0 Å². The normalized spacial score (nSPS) is 14.7. The minimum absolute atomic E-state index is 0.0202. The van der Waals surface area contributed by atoms with Crippen LogP contribution in [0.3, 0.4) is 0 Å². The second-order valence-corrected chi connectivity index (χ2v) is 27.3. The Morgan fingerprint density at radius 2 is 0.806 bits per heavy atom. The zero-order valence-electron chi connectivity index (χ0n) is 61.3. The van der Waals surface area contributed by atoms with Gasteiger partial charge in [0.25, 0.3) is 0 Å². The standard InChI is InChI=1S/C68H108N18O21S/c1-35(2)27-46(60(99)76-42(16-12-25-74-68(72)73)58(97)78-44(23-26-108-6)59(98)81-47(28-36(3)4)61(100)85-52(34-89)66(105)86-51(33-88)64(103)79-45(67(106)107)15-10-11-24-69)80-55(94)37(5)75-57(96)43(21-22-54(92)93)77-62(101)49(30-39-17-19-40(90)20-18-39)82-63(102)48(29-38-13-8-7-9-14-38)83-65(104)50(32-87)84-56(95)41(70)31-53(71)91/h7-9,13-14,17-20,35-37,41-52,87-90H,10-12,15-16,21-34,69-70H2,1-6H3,(H2,71,91)(H,75,96)(H,76,99)(H,77,101)(H,78,97)(H,79,103)(H,80,94)(H,81,98)(H,82,102)(H,83,104)(H,84,95)(H,85,100)(H,86,105)(H,92,93)(H,106,107)(H4,72,73,74)/t37-,41-,42-,43-,44-,45-,46-,47-,48-,49-,50-,51-,52-/m0/s1. The van der Waals surface area contributed by atoms with Gasteiger partial charge in [-0.25, -0.2) is 4.79 Å². The highest BCUT2D eigenvalue weighted by Crippen LogP contribution is 2.16. The number of phenols is 1. The fourth-order valence-electron chi connectivity index (χ4n) is 10.4. The third-order valence-corrected chi connectivity index (χ3v) is 16.9. The molecule has 108 heavy (non-hydrogen) atoms. The number of aliphatic imine (C=N–C) groups is 1. The zero-order valence-corrected chi connectivity index (χ0v) is 62.2. The number of nitrogens with zero attached hydrogens (tertiary/aromatic N) is 1. The summed E-state index contributed by atoms with van der Waals surface area (Å²) >= 11 is 1.28. The Morgan fingerprint density at radius 3 is 1.23 bits per heavy atom. The van der Waals surface area contributed by atoms with Crippen LogP contribution in [-0.2, 0) is 84.8 Å². The number of thioether (sulfide) groups is 1. The Bertz CT molecular complexity index is 3350. The van der Waals surface area contributed by atoms with Crippen LogP contribution in [0, 0.1) is 11.8 Å². The maximum absolute atomic E-state index is 14.6. The Kier molecular flexibility index (Phi) is 43.0. The maximum atomic E-state index is 14.6. The van der Waals surface area contributed by atoms with Crippen LogP contribution in [-0.4, -0.2) is 249 Å². The Morgan fingerprint density at radius 1 is 0.435 bits per heavy atom. The van der Waals surface area contributed by atoms with Crippen LogP contribution in [0.2, 0.25) is 0 Å². The number of nitrogens with one attached hydrogen (secondary N) is 12. The molecule has 0 aromatic heterocycles. The van der Waals surface area contributed by atoms with E-state index in [1.165, 1.54) is 43.0 Å². The number of unbranched alkanes of at least 4 members (excludes halogenated alkanes) is 1. The predicted octanol–water partition coefficient (Wildman–Crippen LogP) is -6.83. The van der Waals surface area contributed by atoms with Crippen molar-refractivity contribution >= 4 is 106 Å². The van der Waals surface area contributed by atoms with E-state index in [1.54, 1.807) is 64.3 Å². The molecule has 40 heteroatoms. The van der Waals surface area contributed by atoms with E-state index in [1.807, 2.05) is 0 Å². The van der Waals surface area contributed by atoms with Gasteiger partial charge < -0.3 is 123 Å². The summed E-state index contributed by atoms with van der Waals surface area (Å²) in [7, 11) is 0. The molecule has 602 valence electrons. The van der Waals surface area contributed by atoms with Crippen LogP contribution in [0.1, 0.15) is 116 Å². The average molecular weight is 1550 g/mol. The van der Waals surface area contributed by atoms with Crippen LogP contribution in [0.5, 0.6) is 5.75 Å². The number of primary amides is 1. The highest BCUT2D eigenvalue weighted by Gasteiger charge is 2.38. The summed E-state index contributed by atoms with van der Waals surface area (Å²) in [6.45, 7) is 5.13. The molecule has 13 amide bonds. The lowest BCUT2D eigenvalue weighted by Gasteiger charge is -2.28. The summed E-state index contributed by atoms with van der Waals surface area (Å²) in [6, 6.07) is -7.09. The minimum Gasteiger partial charge on any atom is -0.508 e. The molecule has 39 nitrogen and oxygen atoms in total. The molecule has 0 aliphatic carbocycles. The fourth-order valence-corrected chi connectivity index (χ4v) is 10.9. The number of aliphatic hydroxyl groups excluding tert-OH is 3. The molecule has 28 N–H and O–H groups in total. The fraction of sp³-hybridized carbons (Fsp3) is 0.588. The van der Waals surface area contributed by atoms with E-state index in [4.69, 9.17) is 28.7 Å². The number of aromatic hydroxyl groups is 1. The van der Waals surface area contributed by atoms with Crippen LogP contribution >= 0.6 is 11.8 Å². The molecule has 2 rings (SSSR count). The number of guanidine groups is 1. The van der Waals surface area contributed by atoms with Crippen molar-refractivity contribution in [2.24, 2.45) is 45.5 Å². The van der Waals surface area contributed by atoms with E-state index < -0.39 is 206 Å². The highest BCUT2D eigenvalue weighted by molar-refractivity contribution is 7.98. The first-order chi connectivity index (χ1) is 51.0. The van der Waals surface area contributed by atoms with Crippen LogP contribution in [0.15, 0.2) is 59.6 Å². The highest BCUT2D eigenvalue weighted by atomic mass is 32.2.